The van der Waals surface area contributed by atoms with Crippen molar-refractivity contribution in [1.29, 1.82) is 0 Å². The molecule has 12 atom stereocenters. The summed E-state index contributed by atoms with van der Waals surface area (Å²) in [6.07, 6.45) is -3.70. The first kappa shape index (κ1) is 75.2. The lowest BCUT2D eigenvalue weighted by molar-refractivity contribution is -0.143. The molecule has 2 aromatic rings. The van der Waals surface area contributed by atoms with Crippen molar-refractivity contribution in [3.05, 3.63) is 59.7 Å². The highest BCUT2D eigenvalue weighted by atomic mass is 32.1. The van der Waals surface area contributed by atoms with Gasteiger partial charge in [-0.25, -0.2) is 4.79 Å². The molecular weight excluding hydrogens is 1250 g/mol. The topological polar surface area (TPSA) is 516 Å². The highest BCUT2D eigenvalue weighted by Gasteiger charge is 2.41. The minimum atomic E-state index is -1.75. The van der Waals surface area contributed by atoms with Crippen LogP contribution in [0.5, 0.6) is 11.5 Å². The highest BCUT2D eigenvalue weighted by molar-refractivity contribution is 7.80. The zero-order valence-corrected chi connectivity index (χ0v) is 51.7. The molecule has 0 aliphatic carbocycles. The lowest BCUT2D eigenvalue weighted by atomic mass is 10.0. The van der Waals surface area contributed by atoms with Gasteiger partial charge in [0.1, 0.15) is 71.9 Å². The number of nitrogens with zero attached hydrogens (tertiary/aromatic N) is 1. The van der Waals surface area contributed by atoms with Crippen molar-refractivity contribution in [3.8, 4) is 11.5 Å². The van der Waals surface area contributed by atoms with Crippen LogP contribution in [0.25, 0.3) is 0 Å². The van der Waals surface area contributed by atoms with Crippen LogP contribution >= 0.6 is 50.5 Å². The molecule has 1 saturated heterocycles. The first-order valence-electron chi connectivity index (χ1n) is 27.4. The lowest BCUT2D eigenvalue weighted by Crippen LogP contribution is -2.61. The molecule has 1 aliphatic heterocycles. The van der Waals surface area contributed by atoms with Gasteiger partial charge in [0.2, 0.25) is 70.9 Å². The number of phenols is 2. The van der Waals surface area contributed by atoms with E-state index in [1.165, 1.54) is 55.5 Å². The Kier molecular flexibility index (Phi) is 31.3. The van der Waals surface area contributed by atoms with Crippen LogP contribution in [0, 0.1) is 0 Å². The van der Waals surface area contributed by atoms with E-state index in [1.807, 2.05) is 0 Å². The fourth-order valence-corrected chi connectivity index (χ4v) is 9.41. The summed E-state index contributed by atoms with van der Waals surface area (Å²) in [4.78, 5) is 185. The fourth-order valence-electron chi connectivity index (χ4n) is 8.47. The third-order valence-corrected chi connectivity index (χ3v) is 14.9. The maximum Gasteiger partial charge on any atom is 0.326 e. The van der Waals surface area contributed by atoms with E-state index < -0.39 is 193 Å². The Morgan fingerprint density at radius 3 is 1.51 bits per heavy atom. The van der Waals surface area contributed by atoms with Gasteiger partial charge in [0.15, 0.2) is 0 Å². The van der Waals surface area contributed by atoms with Gasteiger partial charge in [-0.15, -0.1) is 0 Å². The number of rotatable bonds is 36. The molecule has 0 radical (unpaired) electrons. The van der Waals surface area contributed by atoms with E-state index in [0.717, 1.165) is 11.8 Å². The van der Waals surface area contributed by atoms with Gasteiger partial charge in [-0.3, -0.25) is 62.3 Å². The molecule has 19 N–H and O–H groups in total. The summed E-state index contributed by atoms with van der Waals surface area (Å²) in [5, 5.41) is 72.2. The zero-order chi connectivity index (χ0) is 66.8. The Bertz CT molecular complexity index is 2880. The van der Waals surface area contributed by atoms with Gasteiger partial charge in [0.25, 0.3) is 0 Å². The third-order valence-electron chi connectivity index (χ3n) is 13.4. The van der Waals surface area contributed by atoms with Gasteiger partial charge < -0.3 is 95.1 Å². The second-order valence-electron chi connectivity index (χ2n) is 20.4. The molecule has 0 saturated carbocycles. The first-order valence-corrected chi connectivity index (χ1v) is 29.9. The van der Waals surface area contributed by atoms with E-state index in [0.29, 0.717) is 11.1 Å². The van der Waals surface area contributed by atoms with E-state index in [2.05, 4.69) is 104 Å². The minimum absolute atomic E-state index is 0.0168. The molecule has 36 heteroatoms. The molecule has 1 aliphatic rings. The fraction of sp³-hybridized carbons (Fsp3) is 0.509. The number of aliphatic hydroxyl groups is 1. The number of hydrogen-bond donors (Lipinski definition) is 21. The molecular formula is C53H75N13O19S4. The van der Waals surface area contributed by atoms with Gasteiger partial charge >= 0.3 is 11.9 Å². The average molecular weight is 1330 g/mol. The van der Waals surface area contributed by atoms with Crippen LogP contribution in [0.3, 0.4) is 0 Å². The van der Waals surface area contributed by atoms with Crippen LogP contribution in [0.4, 0.5) is 0 Å². The number of carbonyl (C=O) groups is 14. The molecule has 0 bridgehead atoms. The van der Waals surface area contributed by atoms with E-state index in [9.17, 15) is 92.7 Å². The predicted molar refractivity (Wildman–Crippen MR) is 328 cm³/mol. The van der Waals surface area contributed by atoms with Gasteiger partial charge in [-0.2, -0.15) is 50.5 Å². The Balaban J connectivity index is 1.66. The summed E-state index contributed by atoms with van der Waals surface area (Å²) in [6.45, 7) is 1.44. The van der Waals surface area contributed by atoms with Gasteiger partial charge in [-0.1, -0.05) is 24.3 Å². The molecule has 1 heterocycles. The zero-order valence-electron chi connectivity index (χ0n) is 48.1. The smallest absolute Gasteiger partial charge is 0.326 e. The standard InChI is InChI=1S/C53H75N13O19S4/c1-24(43(74)63-37(23-89)49(80)65-42(25(2)67)51(82)56-19-40(71)58-35(21-87)47(78)62-34(53(84)85)17-27-7-11-29(69)12-8-27)57-50(81)38-4-3-15-66(38)52(83)33(18-39(55)70)61-48(79)36(22-88)64-46(77)32(16-26-5-9-28(68)10-6-26)60-45(76)31(13-14-41(72)73)59-44(75)30(54)20-86/h5-12,24-25,30-38,42,67-69,86-89H,3-4,13-23,54H2,1-2H3,(H2,55,70)(H,56,82)(H,57,81)(H,58,71)(H,59,75)(H,60,76)(H,61,79)(H,62,78)(H,63,74)(H,64,77)(H,65,80)(H,72,73)(H,84,85)/t24-,25+,30-,31-,32-,33-,34-,35-,36-,37-,38-,42-/m0/s1. The number of phenolic OH excluding ortho intramolecular Hbond substituents is 2. The summed E-state index contributed by atoms with van der Waals surface area (Å²) in [5.74, 6) is -16.2. The van der Waals surface area contributed by atoms with Crippen molar-refractivity contribution in [3.63, 3.8) is 0 Å². The molecule has 32 nitrogen and oxygen atoms in total. The lowest BCUT2D eigenvalue weighted by Gasteiger charge is -2.30. The monoisotopic (exact) mass is 1330 g/mol. The molecule has 0 unspecified atom stereocenters. The number of amides is 12. The Hall–Kier alpha value is -8.06. The SMILES string of the molecule is C[C@H](NC(=O)[C@@H]1CCCN1C(=O)[C@H](CC(N)=O)NC(=O)[C@H](CS)NC(=O)[C@H](Cc1ccc(O)cc1)NC(=O)[C@H](CCC(=O)O)NC(=O)[C@@H](N)CS)C(=O)N[C@@H](CS)C(=O)N[C@H](C(=O)NCC(=O)N[C@@H](CS)C(=O)N[C@@H](Cc1ccc(O)cc1)C(=O)O)[C@@H](C)O. The summed E-state index contributed by atoms with van der Waals surface area (Å²) in [7, 11) is 0. The minimum Gasteiger partial charge on any atom is -0.508 e. The Morgan fingerprint density at radius 2 is 1.01 bits per heavy atom. The largest absolute Gasteiger partial charge is 0.508 e. The molecule has 3 rings (SSSR count). The molecule has 2 aromatic carbocycles. The number of nitrogens with one attached hydrogen (secondary N) is 10. The van der Waals surface area contributed by atoms with Crippen LogP contribution in [-0.2, 0) is 80.0 Å². The summed E-state index contributed by atoms with van der Waals surface area (Å²) in [5.41, 5.74) is 12.1. The number of benzene rings is 2. The van der Waals surface area contributed by atoms with Crippen molar-refractivity contribution in [2.75, 3.05) is 36.1 Å². The number of primary amides is 1. The molecule has 0 spiro atoms. The van der Waals surface area contributed by atoms with Crippen LogP contribution in [-0.4, -0.2) is 222 Å². The van der Waals surface area contributed by atoms with Crippen LogP contribution in [0.15, 0.2) is 48.5 Å². The number of carboxylic acids is 2. The van der Waals surface area contributed by atoms with Crippen molar-refractivity contribution >= 4 is 133 Å². The quantitative estimate of drug-likeness (QED) is 0.0282. The number of thiol groups is 4. The van der Waals surface area contributed by atoms with Crippen molar-refractivity contribution < 1.29 is 92.7 Å². The summed E-state index contributed by atoms with van der Waals surface area (Å²) < 4.78 is 0. The normalized spacial score (nSPS) is 16.4. The molecule has 490 valence electrons. The number of carbonyl (C=O) groups excluding carboxylic acids is 12. The molecule has 1 fully saturated rings. The predicted octanol–water partition coefficient (Wildman–Crippen LogP) is -6.37. The van der Waals surface area contributed by atoms with Crippen LogP contribution < -0.4 is 64.6 Å². The second kappa shape index (κ2) is 37.1. The van der Waals surface area contributed by atoms with Crippen LogP contribution in [0.1, 0.15) is 57.1 Å². The van der Waals surface area contributed by atoms with Crippen molar-refractivity contribution in [2.45, 2.75) is 131 Å². The maximum absolute atomic E-state index is 14.2. The number of likely N-dealkylation sites (tertiary alicyclic amines) is 1. The third kappa shape index (κ3) is 24.8. The summed E-state index contributed by atoms with van der Waals surface area (Å²) >= 11 is 16.3. The van der Waals surface area contributed by atoms with E-state index in [-0.39, 0.29) is 55.2 Å². The summed E-state index contributed by atoms with van der Waals surface area (Å²) in [6, 6.07) is -5.51. The van der Waals surface area contributed by atoms with E-state index in [1.54, 1.807) is 0 Å². The van der Waals surface area contributed by atoms with Gasteiger partial charge in [0.05, 0.1) is 25.1 Å². The Morgan fingerprint density at radius 1 is 0.562 bits per heavy atom. The molecule has 89 heavy (non-hydrogen) atoms. The number of aliphatic carboxylic acids is 2. The maximum atomic E-state index is 14.2. The number of aromatic hydroxyl groups is 2. The number of nitrogens with two attached hydrogens (primary N) is 2. The molecule has 0 aromatic heterocycles. The Labute approximate surface area is 531 Å². The van der Waals surface area contributed by atoms with Crippen molar-refractivity contribution in [1.82, 2.24) is 58.1 Å². The molecule has 12 amide bonds. The van der Waals surface area contributed by atoms with E-state index in [4.69, 9.17) is 11.5 Å². The van der Waals surface area contributed by atoms with Crippen LogP contribution in [0.2, 0.25) is 0 Å². The van der Waals surface area contributed by atoms with Gasteiger partial charge in [-0.05, 0) is 68.5 Å². The first-order chi connectivity index (χ1) is 41.9. The number of hydrogen-bond acceptors (Lipinski definition) is 22. The number of aliphatic hydroxyl groups excluding tert-OH is 1. The highest BCUT2D eigenvalue weighted by Crippen LogP contribution is 2.20. The second-order valence-corrected chi connectivity index (χ2v) is 21.8. The van der Waals surface area contributed by atoms with E-state index >= 15 is 0 Å². The average Bonchev–Trinajstić information content (AvgIpc) is 2.13. The van der Waals surface area contributed by atoms with Crippen molar-refractivity contribution in [2.24, 2.45) is 11.5 Å². The number of carboxylic acid groups (broad SMARTS) is 2. The van der Waals surface area contributed by atoms with Gasteiger partial charge in [0, 0.05) is 48.8 Å².